The van der Waals surface area contributed by atoms with Gasteiger partial charge in [0, 0.05) is 18.8 Å². The van der Waals surface area contributed by atoms with Crippen molar-refractivity contribution in [2.45, 2.75) is 32.2 Å². The van der Waals surface area contributed by atoms with E-state index in [-0.39, 0.29) is 0 Å². The molecule has 0 aliphatic carbocycles. The van der Waals surface area contributed by atoms with Crippen LogP contribution in [-0.4, -0.2) is 30.8 Å². The first-order valence-electron chi connectivity index (χ1n) is 8.80. The molecule has 1 N–H and O–H groups in total. The fraction of sp³-hybridized carbons (Fsp3) is 0.316. The summed E-state index contributed by atoms with van der Waals surface area (Å²) in [5, 5.41) is 5.26. The molecule has 0 fully saturated rings. The molecule has 3 aromatic rings. The summed E-state index contributed by atoms with van der Waals surface area (Å²) in [5.74, 6) is 1.39. The third-order valence-corrected chi connectivity index (χ3v) is 7.20. The summed E-state index contributed by atoms with van der Waals surface area (Å²) >= 11 is 1.58. The number of thiophene rings is 1. The fourth-order valence-corrected chi connectivity index (χ4v) is 4.85. The zero-order valence-electron chi connectivity index (χ0n) is 15.6. The van der Waals surface area contributed by atoms with Gasteiger partial charge in [-0.05, 0) is 42.6 Å². The van der Waals surface area contributed by atoms with Gasteiger partial charge in [-0.3, -0.25) is 0 Å². The van der Waals surface area contributed by atoms with Gasteiger partial charge in [0.2, 0.25) is 15.9 Å². The molecule has 0 spiro atoms. The van der Waals surface area contributed by atoms with Crippen molar-refractivity contribution in [1.82, 2.24) is 9.29 Å². The number of benzene rings is 1. The highest BCUT2D eigenvalue weighted by Crippen LogP contribution is 2.26. The SMILES string of the molecule is CCN(CC)S(=O)(=O)c1ccc(NCc2nc(-c3cccs3)oc2C)cc1. The van der Waals surface area contributed by atoms with E-state index >= 15 is 0 Å². The van der Waals surface area contributed by atoms with E-state index in [2.05, 4.69) is 10.3 Å². The van der Waals surface area contributed by atoms with Crippen LogP contribution in [0.4, 0.5) is 5.69 Å². The van der Waals surface area contributed by atoms with Crippen LogP contribution in [0, 0.1) is 6.92 Å². The van der Waals surface area contributed by atoms with Crippen molar-refractivity contribution < 1.29 is 12.8 Å². The zero-order valence-corrected chi connectivity index (χ0v) is 17.2. The first-order valence-corrected chi connectivity index (χ1v) is 11.1. The highest BCUT2D eigenvalue weighted by atomic mass is 32.2. The minimum Gasteiger partial charge on any atom is -0.440 e. The van der Waals surface area contributed by atoms with Gasteiger partial charge in [-0.1, -0.05) is 19.9 Å². The molecule has 27 heavy (non-hydrogen) atoms. The van der Waals surface area contributed by atoms with Crippen LogP contribution in [0.15, 0.2) is 51.1 Å². The average Bonchev–Trinajstić information content (AvgIpc) is 3.31. The molecule has 3 rings (SSSR count). The first-order chi connectivity index (χ1) is 13.0. The van der Waals surface area contributed by atoms with Crippen LogP contribution in [0.5, 0.6) is 0 Å². The molecule has 6 nitrogen and oxygen atoms in total. The number of aromatic nitrogens is 1. The van der Waals surface area contributed by atoms with Crippen LogP contribution in [0.25, 0.3) is 10.8 Å². The molecular formula is C19H23N3O3S2. The van der Waals surface area contributed by atoms with E-state index in [0.29, 0.717) is 30.4 Å². The summed E-state index contributed by atoms with van der Waals surface area (Å²) in [6, 6.07) is 10.7. The second kappa shape index (κ2) is 8.24. The molecule has 0 saturated carbocycles. The Balaban J connectivity index is 1.69. The Morgan fingerprint density at radius 1 is 1.15 bits per heavy atom. The molecule has 2 heterocycles. The van der Waals surface area contributed by atoms with Crippen molar-refractivity contribution in [2.75, 3.05) is 18.4 Å². The van der Waals surface area contributed by atoms with Crippen LogP contribution < -0.4 is 5.32 Å². The smallest absolute Gasteiger partial charge is 0.243 e. The lowest BCUT2D eigenvalue weighted by Gasteiger charge is -2.18. The number of nitrogens with one attached hydrogen (secondary N) is 1. The number of oxazole rings is 1. The van der Waals surface area contributed by atoms with Crippen LogP contribution >= 0.6 is 11.3 Å². The summed E-state index contributed by atoms with van der Waals surface area (Å²) in [6.07, 6.45) is 0. The van der Waals surface area contributed by atoms with E-state index in [0.717, 1.165) is 22.0 Å². The van der Waals surface area contributed by atoms with E-state index < -0.39 is 10.0 Å². The predicted molar refractivity (Wildman–Crippen MR) is 108 cm³/mol. The molecule has 8 heteroatoms. The molecule has 0 unspecified atom stereocenters. The minimum absolute atomic E-state index is 0.300. The molecule has 0 saturated heterocycles. The predicted octanol–water partition coefficient (Wildman–Crippen LogP) is 4.35. The topological polar surface area (TPSA) is 75.4 Å². The molecule has 2 aromatic heterocycles. The second-order valence-electron chi connectivity index (χ2n) is 5.97. The normalized spacial score (nSPS) is 11.9. The largest absolute Gasteiger partial charge is 0.440 e. The Morgan fingerprint density at radius 2 is 1.85 bits per heavy atom. The number of hydrogen-bond acceptors (Lipinski definition) is 6. The Morgan fingerprint density at radius 3 is 2.44 bits per heavy atom. The van der Waals surface area contributed by atoms with Crippen LogP contribution in [0.3, 0.4) is 0 Å². The van der Waals surface area contributed by atoms with Crippen molar-refractivity contribution in [3.63, 3.8) is 0 Å². The second-order valence-corrected chi connectivity index (χ2v) is 8.85. The van der Waals surface area contributed by atoms with Gasteiger partial charge in [0.15, 0.2) is 0 Å². The van der Waals surface area contributed by atoms with Crippen LogP contribution in [-0.2, 0) is 16.6 Å². The molecule has 0 bridgehead atoms. The third kappa shape index (κ3) is 4.23. The van der Waals surface area contributed by atoms with Crippen LogP contribution in [0.1, 0.15) is 25.3 Å². The number of sulfonamides is 1. The minimum atomic E-state index is -3.43. The number of rotatable bonds is 8. The molecule has 0 radical (unpaired) electrons. The highest BCUT2D eigenvalue weighted by molar-refractivity contribution is 7.89. The van der Waals surface area contributed by atoms with Gasteiger partial charge in [0.25, 0.3) is 0 Å². The summed E-state index contributed by atoms with van der Waals surface area (Å²) in [5.41, 5.74) is 1.66. The maximum atomic E-state index is 12.5. The molecule has 1 aromatic carbocycles. The van der Waals surface area contributed by atoms with Crippen molar-refractivity contribution in [3.8, 4) is 10.8 Å². The number of hydrogen-bond donors (Lipinski definition) is 1. The Labute approximate surface area is 163 Å². The molecule has 0 aliphatic heterocycles. The number of aryl methyl sites for hydroxylation is 1. The van der Waals surface area contributed by atoms with Crippen molar-refractivity contribution in [3.05, 3.63) is 53.2 Å². The molecule has 0 aliphatic rings. The average molecular weight is 406 g/mol. The summed E-state index contributed by atoms with van der Waals surface area (Å²) in [6.45, 7) is 6.97. The maximum Gasteiger partial charge on any atom is 0.243 e. The van der Waals surface area contributed by atoms with E-state index in [1.54, 1.807) is 35.6 Å². The summed E-state index contributed by atoms with van der Waals surface area (Å²) in [7, 11) is -3.43. The van der Waals surface area contributed by atoms with Crippen LogP contribution in [0.2, 0.25) is 0 Å². The standard InChI is InChI=1S/C19H23N3O3S2/c1-4-22(5-2)27(23,24)16-10-8-15(9-11-16)20-13-17-14(3)25-19(21-17)18-7-6-12-26-18/h6-12,20H,4-5,13H2,1-3H3. The Bertz CT molecular complexity index is 974. The lowest BCUT2D eigenvalue weighted by Crippen LogP contribution is -2.30. The van der Waals surface area contributed by atoms with Gasteiger partial charge >= 0.3 is 0 Å². The molecular weight excluding hydrogens is 382 g/mol. The first kappa shape index (κ1) is 19.6. The van der Waals surface area contributed by atoms with Crippen molar-refractivity contribution in [2.24, 2.45) is 0 Å². The van der Waals surface area contributed by atoms with E-state index in [1.807, 2.05) is 38.3 Å². The summed E-state index contributed by atoms with van der Waals surface area (Å²) < 4.78 is 32.2. The molecule has 0 amide bonds. The van der Waals surface area contributed by atoms with Gasteiger partial charge in [-0.25, -0.2) is 13.4 Å². The summed E-state index contributed by atoms with van der Waals surface area (Å²) in [4.78, 5) is 5.84. The van der Waals surface area contributed by atoms with Gasteiger partial charge in [-0.2, -0.15) is 4.31 Å². The quantitative estimate of drug-likeness (QED) is 0.603. The van der Waals surface area contributed by atoms with Crippen molar-refractivity contribution in [1.29, 1.82) is 0 Å². The van der Waals surface area contributed by atoms with Crippen molar-refractivity contribution >= 4 is 27.0 Å². The number of nitrogens with zero attached hydrogens (tertiary/aromatic N) is 2. The lowest BCUT2D eigenvalue weighted by atomic mass is 10.3. The van der Waals surface area contributed by atoms with E-state index in [1.165, 1.54) is 4.31 Å². The lowest BCUT2D eigenvalue weighted by molar-refractivity contribution is 0.445. The third-order valence-electron chi connectivity index (χ3n) is 4.28. The zero-order chi connectivity index (χ0) is 19.4. The monoisotopic (exact) mass is 405 g/mol. The fourth-order valence-electron chi connectivity index (χ4n) is 2.74. The van der Waals surface area contributed by atoms with E-state index in [9.17, 15) is 8.42 Å². The van der Waals surface area contributed by atoms with Gasteiger partial charge in [0.05, 0.1) is 16.3 Å². The van der Waals surface area contributed by atoms with Gasteiger partial charge in [-0.15, -0.1) is 11.3 Å². The Hall–Kier alpha value is -2.16. The van der Waals surface area contributed by atoms with E-state index in [4.69, 9.17) is 4.42 Å². The maximum absolute atomic E-state index is 12.5. The molecule has 0 atom stereocenters. The highest BCUT2D eigenvalue weighted by Gasteiger charge is 2.21. The number of anilines is 1. The van der Waals surface area contributed by atoms with Gasteiger partial charge in [0.1, 0.15) is 11.5 Å². The van der Waals surface area contributed by atoms with Gasteiger partial charge < -0.3 is 9.73 Å². The Kier molecular flexibility index (Phi) is 5.98. The molecule has 144 valence electrons.